The third-order valence-corrected chi connectivity index (χ3v) is 4.05. The molecule has 0 bridgehead atoms. The molecule has 0 saturated carbocycles. The van der Waals surface area contributed by atoms with Crippen molar-refractivity contribution in [3.05, 3.63) is 0 Å². The van der Waals surface area contributed by atoms with Crippen LogP contribution in [0.1, 0.15) is 12.8 Å². The predicted molar refractivity (Wildman–Crippen MR) is 64.0 cm³/mol. The zero-order chi connectivity index (χ0) is 11.4. The van der Waals surface area contributed by atoms with E-state index in [-0.39, 0.29) is 18.1 Å². The highest BCUT2D eigenvalue weighted by Crippen LogP contribution is 2.21. The van der Waals surface area contributed by atoms with Gasteiger partial charge in [-0.1, -0.05) is 0 Å². The lowest BCUT2D eigenvalue weighted by atomic mass is 10.2. The van der Waals surface area contributed by atoms with E-state index in [9.17, 15) is 4.79 Å². The summed E-state index contributed by atoms with van der Waals surface area (Å²) < 4.78 is 5.68. The van der Waals surface area contributed by atoms with Gasteiger partial charge >= 0.3 is 0 Å². The molecule has 0 aromatic heterocycles. The number of nitrogens with zero attached hydrogens (tertiary/aromatic N) is 1. The van der Waals surface area contributed by atoms with Gasteiger partial charge in [-0.15, -0.1) is 0 Å². The molecule has 0 radical (unpaired) electrons. The monoisotopic (exact) mass is 245 g/mol. The second kappa shape index (κ2) is 5.86. The Morgan fingerprint density at radius 2 is 2.19 bits per heavy atom. The average Bonchev–Trinajstić information content (AvgIpc) is 2.78. The van der Waals surface area contributed by atoms with Crippen molar-refractivity contribution in [3.8, 4) is 0 Å². The molecule has 0 aromatic rings. The number of nitrogens with two attached hydrogens (primary N) is 1. The van der Waals surface area contributed by atoms with Gasteiger partial charge in [-0.2, -0.15) is 11.8 Å². The normalized spacial score (nSPS) is 31.6. The molecule has 3 N–H and O–H groups in total. The maximum atomic E-state index is 11.3. The third-order valence-electron chi connectivity index (χ3n) is 3.11. The lowest BCUT2D eigenvalue weighted by Gasteiger charge is -2.28. The summed E-state index contributed by atoms with van der Waals surface area (Å²) in [5, 5.41) is 0. The van der Waals surface area contributed by atoms with Crippen LogP contribution in [0.4, 0.5) is 0 Å². The highest BCUT2D eigenvalue weighted by atomic mass is 32.2. The summed E-state index contributed by atoms with van der Waals surface area (Å²) in [7, 11) is 0. The van der Waals surface area contributed by atoms with Crippen LogP contribution < -0.4 is 11.3 Å². The van der Waals surface area contributed by atoms with Crippen LogP contribution in [0.5, 0.6) is 0 Å². The average molecular weight is 245 g/mol. The van der Waals surface area contributed by atoms with Gasteiger partial charge in [-0.25, -0.2) is 5.84 Å². The quantitative estimate of drug-likeness (QED) is 0.401. The summed E-state index contributed by atoms with van der Waals surface area (Å²) >= 11 is 2.00. The molecule has 2 unspecified atom stereocenters. The maximum Gasteiger partial charge on any atom is 0.263 e. The van der Waals surface area contributed by atoms with Crippen LogP contribution in [0.25, 0.3) is 0 Å². The van der Waals surface area contributed by atoms with Gasteiger partial charge in [0.2, 0.25) is 0 Å². The van der Waals surface area contributed by atoms with E-state index < -0.39 is 0 Å². The van der Waals surface area contributed by atoms with Crippen LogP contribution in [0.15, 0.2) is 0 Å². The van der Waals surface area contributed by atoms with E-state index >= 15 is 0 Å². The van der Waals surface area contributed by atoms with E-state index in [0.717, 1.165) is 32.5 Å². The summed E-state index contributed by atoms with van der Waals surface area (Å²) in [5.41, 5.74) is 2.15. The van der Waals surface area contributed by atoms with Crippen molar-refractivity contribution in [1.82, 2.24) is 10.3 Å². The molecule has 2 saturated heterocycles. The molecule has 92 valence electrons. The molecule has 6 heteroatoms. The van der Waals surface area contributed by atoms with Crippen LogP contribution in [-0.4, -0.2) is 54.2 Å². The second-order valence-corrected chi connectivity index (χ2v) is 5.47. The number of rotatable bonds is 3. The fourth-order valence-electron chi connectivity index (χ4n) is 2.20. The predicted octanol–water partition coefficient (Wildman–Crippen LogP) is -0.427. The largest absolute Gasteiger partial charge is 0.364 e. The minimum Gasteiger partial charge on any atom is -0.364 e. The molecule has 2 rings (SSSR count). The molecule has 2 aliphatic rings. The van der Waals surface area contributed by atoms with Crippen molar-refractivity contribution >= 4 is 17.7 Å². The first kappa shape index (κ1) is 12.2. The number of amides is 1. The summed E-state index contributed by atoms with van der Waals surface area (Å²) in [6, 6.07) is 0. The van der Waals surface area contributed by atoms with Gasteiger partial charge in [0.25, 0.3) is 5.91 Å². The fraction of sp³-hybridized carbons (Fsp3) is 0.900. The highest BCUT2D eigenvalue weighted by molar-refractivity contribution is 7.99. The molecule has 0 aromatic carbocycles. The van der Waals surface area contributed by atoms with E-state index in [2.05, 4.69) is 10.3 Å². The minimum atomic E-state index is -0.339. The third kappa shape index (κ3) is 3.10. The summed E-state index contributed by atoms with van der Waals surface area (Å²) in [6.45, 7) is 3.23. The molecule has 16 heavy (non-hydrogen) atoms. The van der Waals surface area contributed by atoms with Gasteiger partial charge in [0.15, 0.2) is 0 Å². The van der Waals surface area contributed by atoms with E-state index in [0.29, 0.717) is 0 Å². The molecule has 0 aliphatic carbocycles. The maximum absolute atomic E-state index is 11.3. The Labute approximate surface area is 100 Å². The molecule has 2 aliphatic heterocycles. The van der Waals surface area contributed by atoms with Gasteiger partial charge in [0, 0.05) is 31.1 Å². The first-order valence-corrected chi connectivity index (χ1v) is 6.91. The number of hydrogen-bond donors (Lipinski definition) is 2. The molecular weight excluding hydrogens is 226 g/mol. The van der Waals surface area contributed by atoms with E-state index in [1.54, 1.807) is 0 Å². The summed E-state index contributed by atoms with van der Waals surface area (Å²) in [6.07, 6.45) is 1.61. The van der Waals surface area contributed by atoms with Crippen LogP contribution in [-0.2, 0) is 9.53 Å². The van der Waals surface area contributed by atoms with Crippen molar-refractivity contribution in [3.63, 3.8) is 0 Å². The number of carbonyl (C=O) groups excluding carboxylic acids is 1. The van der Waals surface area contributed by atoms with Gasteiger partial charge < -0.3 is 4.74 Å². The van der Waals surface area contributed by atoms with E-state index in [1.165, 1.54) is 11.5 Å². The number of ether oxygens (including phenoxy) is 1. The first-order chi connectivity index (χ1) is 7.79. The standard InChI is InChI=1S/C10H19N3O2S/c11-12-10(14)9-2-1-8(15-9)7-13-3-5-16-6-4-13/h8-9H,1-7,11H2,(H,12,14). The Morgan fingerprint density at radius 1 is 1.44 bits per heavy atom. The first-order valence-electron chi connectivity index (χ1n) is 5.75. The lowest BCUT2D eigenvalue weighted by molar-refractivity contribution is -0.132. The van der Waals surface area contributed by atoms with Crippen LogP contribution in [0.2, 0.25) is 0 Å². The minimum absolute atomic E-state index is 0.198. The summed E-state index contributed by atoms with van der Waals surface area (Å²) in [5.74, 6) is 7.31. The zero-order valence-corrected chi connectivity index (χ0v) is 10.2. The number of nitrogens with one attached hydrogen (secondary N) is 1. The van der Waals surface area contributed by atoms with Crippen LogP contribution in [0, 0.1) is 0 Å². The Bertz CT molecular complexity index is 246. The second-order valence-electron chi connectivity index (χ2n) is 4.25. The van der Waals surface area contributed by atoms with Crippen LogP contribution in [0.3, 0.4) is 0 Å². The van der Waals surface area contributed by atoms with Crippen LogP contribution >= 0.6 is 11.8 Å². The Hall–Kier alpha value is -0.300. The molecular formula is C10H19N3O2S. The SMILES string of the molecule is NNC(=O)C1CCC(CN2CCSCC2)O1. The Morgan fingerprint density at radius 3 is 2.88 bits per heavy atom. The Balaban J connectivity index is 1.73. The number of carbonyl (C=O) groups is 1. The van der Waals surface area contributed by atoms with E-state index in [4.69, 9.17) is 10.6 Å². The van der Waals surface area contributed by atoms with Crippen molar-refractivity contribution in [1.29, 1.82) is 0 Å². The molecule has 5 nitrogen and oxygen atoms in total. The molecule has 2 atom stereocenters. The smallest absolute Gasteiger partial charge is 0.263 e. The van der Waals surface area contributed by atoms with Crippen molar-refractivity contribution in [2.24, 2.45) is 5.84 Å². The summed E-state index contributed by atoms with van der Waals surface area (Å²) in [4.78, 5) is 13.7. The molecule has 2 heterocycles. The van der Waals surface area contributed by atoms with Gasteiger partial charge in [0.05, 0.1) is 6.10 Å². The molecule has 0 spiro atoms. The zero-order valence-electron chi connectivity index (χ0n) is 9.35. The van der Waals surface area contributed by atoms with Crippen molar-refractivity contribution in [2.45, 2.75) is 25.0 Å². The van der Waals surface area contributed by atoms with Crippen molar-refractivity contribution < 1.29 is 9.53 Å². The van der Waals surface area contributed by atoms with Gasteiger partial charge in [-0.05, 0) is 12.8 Å². The lowest BCUT2D eigenvalue weighted by Crippen LogP contribution is -2.41. The molecule has 1 amide bonds. The van der Waals surface area contributed by atoms with Gasteiger partial charge in [-0.3, -0.25) is 15.1 Å². The Kier molecular flexibility index (Phi) is 4.45. The fourth-order valence-corrected chi connectivity index (χ4v) is 3.18. The van der Waals surface area contributed by atoms with E-state index in [1.807, 2.05) is 11.8 Å². The van der Waals surface area contributed by atoms with Crippen molar-refractivity contribution in [2.75, 3.05) is 31.1 Å². The number of thioether (sulfide) groups is 1. The number of hydrogen-bond acceptors (Lipinski definition) is 5. The topological polar surface area (TPSA) is 67.6 Å². The van der Waals surface area contributed by atoms with Gasteiger partial charge in [0.1, 0.15) is 6.10 Å². The number of hydrazine groups is 1. The molecule has 2 fully saturated rings. The highest BCUT2D eigenvalue weighted by Gasteiger charge is 2.31.